The molecule has 0 aliphatic rings. The molecular weight excluding hydrogens is 410 g/mol. The molecule has 0 N–H and O–H groups in total. The first-order valence-electron chi connectivity index (χ1n) is 7.74. The molecule has 0 aliphatic heterocycles. The van der Waals surface area contributed by atoms with Gasteiger partial charge in [-0.3, -0.25) is 0 Å². The summed E-state index contributed by atoms with van der Waals surface area (Å²) < 4.78 is 1.61. The Labute approximate surface area is 162 Å². The van der Waals surface area contributed by atoms with Crippen LogP contribution in [0.15, 0.2) is 24.3 Å². The van der Waals surface area contributed by atoms with Gasteiger partial charge in [-0.2, -0.15) is 40.8 Å². The first kappa shape index (κ1) is 30.5. The van der Waals surface area contributed by atoms with Crippen LogP contribution in [-0.4, -0.2) is 54.0 Å². The molecular formula is C17H37GeN3Zr. The molecule has 0 amide bonds. The predicted molar refractivity (Wildman–Crippen MR) is 104 cm³/mol. The maximum Gasteiger partial charge on any atom is 4.00 e. The van der Waals surface area contributed by atoms with E-state index >= 15 is 0 Å². The third-order valence-corrected chi connectivity index (χ3v) is 6.81. The second-order valence-corrected chi connectivity index (χ2v) is 16.0. The van der Waals surface area contributed by atoms with Crippen LogP contribution in [0.2, 0.25) is 17.3 Å². The zero-order valence-corrected chi connectivity index (χ0v) is 20.8. The van der Waals surface area contributed by atoms with E-state index in [1.54, 1.807) is 25.5 Å². The van der Waals surface area contributed by atoms with Gasteiger partial charge in [0.05, 0.1) is 0 Å². The van der Waals surface area contributed by atoms with Crippen LogP contribution in [0.25, 0.3) is 16.0 Å². The van der Waals surface area contributed by atoms with Gasteiger partial charge in [-0.1, -0.05) is 20.8 Å². The molecule has 0 fully saturated rings. The van der Waals surface area contributed by atoms with Crippen molar-refractivity contribution in [1.29, 1.82) is 0 Å². The molecule has 0 heterocycles. The molecule has 0 radical (unpaired) electrons. The van der Waals surface area contributed by atoms with Gasteiger partial charge < -0.3 is 16.0 Å². The zero-order chi connectivity index (χ0) is 17.1. The Hall–Kier alpha value is 0.656. The van der Waals surface area contributed by atoms with Crippen molar-refractivity contribution in [2.75, 3.05) is 40.8 Å². The molecule has 1 rings (SSSR count). The summed E-state index contributed by atoms with van der Waals surface area (Å²) in [6, 6.07) is 8.76. The minimum Gasteiger partial charge on any atom is 4.00 e. The molecule has 0 saturated heterocycles. The second kappa shape index (κ2) is 23.9. The fourth-order valence-electron chi connectivity index (χ4n) is 0.874. The molecule has 0 saturated carbocycles. The van der Waals surface area contributed by atoms with Crippen LogP contribution in [0.5, 0.6) is 0 Å². The molecule has 5 heteroatoms. The fraction of sp³-hybridized carbons (Fsp3) is 0.706. The molecule has 0 unspecified atom stereocenters. The summed E-state index contributed by atoms with van der Waals surface area (Å²) in [6.45, 7) is 8.88. The molecule has 1 aromatic rings. The second-order valence-electron chi connectivity index (χ2n) is 5.32. The van der Waals surface area contributed by atoms with Crippen molar-refractivity contribution in [3.8, 4) is 0 Å². The normalized spacial score (nSPS) is 8.95. The largest absolute Gasteiger partial charge is 4.00 e. The Morgan fingerprint density at radius 1 is 0.727 bits per heavy atom. The standard InChI is InChI=1S/C8H13Ge.3C3H8N.Zr/c1-9(2,3)8-6-4-5-7-8;3*1-3-4-2;/h4-7H,1-3H3;3*3H2,1-2H3;/q4*-1;+4. The van der Waals surface area contributed by atoms with Crippen LogP contribution in [0.1, 0.15) is 20.8 Å². The summed E-state index contributed by atoms with van der Waals surface area (Å²) in [5.74, 6) is 7.24. The minimum atomic E-state index is -1.44. The van der Waals surface area contributed by atoms with Crippen LogP contribution >= 0.6 is 0 Å². The molecule has 128 valence electrons. The van der Waals surface area contributed by atoms with Gasteiger partial charge in [0.2, 0.25) is 0 Å². The Morgan fingerprint density at radius 3 is 1.05 bits per heavy atom. The van der Waals surface area contributed by atoms with Gasteiger partial charge in [-0.15, -0.1) is 0 Å². The van der Waals surface area contributed by atoms with Crippen molar-refractivity contribution in [2.45, 2.75) is 38.0 Å². The first-order valence-corrected chi connectivity index (χ1v) is 15.1. The van der Waals surface area contributed by atoms with Crippen LogP contribution < -0.4 is 4.40 Å². The minimum absolute atomic E-state index is 0. The number of nitrogens with zero attached hydrogens (tertiary/aromatic N) is 3. The van der Waals surface area contributed by atoms with E-state index in [0.29, 0.717) is 0 Å². The van der Waals surface area contributed by atoms with E-state index in [0.717, 1.165) is 19.6 Å². The summed E-state index contributed by atoms with van der Waals surface area (Å²) in [7, 11) is 5.42. The van der Waals surface area contributed by atoms with E-state index in [1.807, 2.05) is 20.8 Å². The number of hydrogen-bond acceptors (Lipinski definition) is 0. The monoisotopic (exact) mass is 447 g/mol. The Bertz CT molecular complexity index is 244. The molecule has 0 atom stereocenters. The average molecular weight is 447 g/mol. The van der Waals surface area contributed by atoms with E-state index in [9.17, 15) is 0 Å². The van der Waals surface area contributed by atoms with Crippen molar-refractivity contribution in [3.05, 3.63) is 40.2 Å². The smallest absolute Gasteiger partial charge is 4.00 e. The van der Waals surface area contributed by atoms with Gasteiger partial charge >= 0.3 is 85.4 Å². The van der Waals surface area contributed by atoms with Gasteiger partial charge in [0, 0.05) is 0 Å². The van der Waals surface area contributed by atoms with E-state index in [1.165, 1.54) is 0 Å². The number of rotatable bonds is 4. The maximum atomic E-state index is 3.74. The quantitative estimate of drug-likeness (QED) is 0.462. The van der Waals surface area contributed by atoms with Crippen LogP contribution in [-0.2, 0) is 26.2 Å². The molecule has 0 bridgehead atoms. The molecule has 0 spiro atoms. The van der Waals surface area contributed by atoms with E-state index in [4.69, 9.17) is 0 Å². The summed E-state index contributed by atoms with van der Waals surface area (Å²) >= 11 is -1.44. The van der Waals surface area contributed by atoms with Crippen LogP contribution in [0.4, 0.5) is 0 Å². The SMILES string of the molecule is CC[N-]C.CC[N-]C.CC[N-]C.[CH3][Ge]([CH3])([CH3])[c-]1cccc1.[Zr+4]. The van der Waals surface area contributed by atoms with Gasteiger partial charge in [-0.25, -0.2) is 0 Å². The fourth-order valence-corrected chi connectivity index (χ4v) is 3.38. The third kappa shape index (κ3) is 28.8. The van der Waals surface area contributed by atoms with Gasteiger partial charge in [0.15, 0.2) is 0 Å². The van der Waals surface area contributed by atoms with Crippen LogP contribution in [0.3, 0.4) is 0 Å². The molecule has 22 heavy (non-hydrogen) atoms. The van der Waals surface area contributed by atoms with Gasteiger partial charge in [0.25, 0.3) is 0 Å². The van der Waals surface area contributed by atoms with Crippen molar-refractivity contribution in [3.63, 3.8) is 0 Å². The maximum absolute atomic E-state index is 3.74. The van der Waals surface area contributed by atoms with Crippen molar-refractivity contribution in [2.24, 2.45) is 0 Å². The topological polar surface area (TPSA) is 42.3 Å². The molecule has 0 aliphatic carbocycles. The zero-order valence-electron chi connectivity index (χ0n) is 16.3. The Kier molecular flexibility index (Phi) is 33.2. The van der Waals surface area contributed by atoms with Gasteiger partial charge in [-0.05, 0) is 0 Å². The summed E-state index contributed by atoms with van der Waals surface area (Å²) in [5, 5.41) is 11.2. The molecule has 1 aromatic carbocycles. The van der Waals surface area contributed by atoms with Gasteiger partial charge in [0.1, 0.15) is 0 Å². The van der Waals surface area contributed by atoms with Crippen molar-refractivity contribution < 1.29 is 26.2 Å². The van der Waals surface area contributed by atoms with Crippen LogP contribution in [0, 0.1) is 0 Å². The Morgan fingerprint density at radius 2 is 0.955 bits per heavy atom. The number of hydrogen-bond donors (Lipinski definition) is 0. The summed E-state index contributed by atoms with van der Waals surface area (Å²) in [5.41, 5.74) is 0. The van der Waals surface area contributed by atoms with E-state index in [-0.39, 0.29) is 26.2 Å². The summed E-state index contributed by atoms with van der Waals surface area (Å²) in [4.78, 5) is 0. The molecule has 3 nitrogen and oxygen atoms in total. The van der Waals surface area contributed by atoms with Crippen molar-refractivity contribution in [1.82, 2.24) is 0 Å². The molecule has 0 aromatic heterocycles. The average Bonchev–Trinajstić information content (AvgIpc) is 3.02. The Balaban J connectivity index is -0.000000107. The predicted octanol–water partition coefficient (Wildman–Crippen LogP) is 4.98. The van der Waals surface area contributed by atoms with Crippen molar-refractivity contribution >= 4 is 17.7 Å². The third-order valence-electron chi connectivity index (χ3n) is 2.48. The summed E-state index contributed by atoms with van der Waals surface area (Å²) in [6.07, 6.45) is 0. The first-order chi connectivity index (χ1) is 9.85. The van der Waals surface area contributed by atoms with E-state index < -0.39 is 13.3 Å². The van der Waals surface area contributed by atoms with E-state index in [2.05, 4.69) is 57.5 Å².